The lowest BCUT2D eigenvalue weighted by Crippen LogP contribution is -2.35. The van der Waals surface area contributed by atoms with E-state index in [1.54, 1.807) is 13.0 Å². The summed E-state index contributed by atoms with van der Waals surface area (Å²) >= 11 is 0. The molecular weight excluding hydrogens is 312 g/mol. The molecule has 1 aromatic carbocycles. The fourth-order valence-corrected chi connectivity index (χ4v) is 2.98. The van der Waals surface area contributed by atoms with Gasteiger partial charge in [-0.25, -0.2) is 4.98 Å². The number of hydrogen-bond donors (Lipinski definition) is 1. The summed E-state index contributed by atoms with van der Waals surface area (Å²) in [7, 11) is 1.54. The van der Waals surface area contributed by atoms with Crippen LogP contribution < -0.4 is 10.3 Å². The second-order valence-corrected chi connectivity index (χ2v) is 5.79. The van der Waals surface area contributed by atoms with Crippen LogP contribution in [0, 0.1) is 17.0 Å². The first kappa shape index (κ1) is 16.1. The van der Waals surface area contributed by atoms with Gasteiger partial charge >= 0.3 is 0 Å². The molecule has 126 valence electrons. The van der Waals surface area contributed by atoms with E-state index in [9.17, 15) is 14.9 Å². The molecule has 0 saturated heterocycles. The molecular formula is C16H18N4O4. The Morgan fingerprint density at radius 1 is 1.46 bits per heavy atom. The van der Waals surface area contributed by atoms with Gasteiger partial charge in [0.25, 0.3) is 11.2 Å². The maximum atomic E-state index is 12.1. The summed E-state index contributed by atoms with van der Waals surface area (Å²) in [6.07, 6.45) is 0.678. The summed E-state index contributed by atoms with van der Waals surface area (Å²) in [6.45, 7) is 3.43. The summed E-state index contributed by atoms with van der Waals surface area (Å²) in [5.41, 5.74) is 2.13. The van der Waals surface area contributed by atoms with Crippen molar-refractivity contribution in [2.75, 3.05) is 13.7 Å². The molecule has 1 aliphatic heterocycles. The Labute approximate surface area is 138 Å². The highest BCUT2D eigenvalue weighted by Gasteiger charge is 2.22. The summed E-state index contributed by atoms with van der Waals surface area (Å²) in [6, 6.07) is 4.54. The van der Waals surface area contributed by atoms with Crippen molar-refractivity contribution < 1.29 is 9.66 Å². The average molecular weight is 330 g/mol. The number of methoxy groups -OCH3 is 1. The van der Waals surface area contributed by atoms with E-state index < -0.39 is 4.92 Å². The first-order valence-electron chi connectivity index (χ1n) is 7.60. The van der Waals surface area contributed by atoms with Crippen molar-refractivity contribution in [2.45, 2.75) is 26.4 Å². The van der Waals surface area contributed by atoms with Crippen molar-refractivity contribution in [1.29, 1.82) is 0 Å². The maximum absolute atomic E-state index is 12.1. The standard InChI is InChI=1S/C16H18N4O4/c1-10-17-14-5-6-19(9-13(14)16(21)18-10)8-11-7-12(20(22)23)3-4-15(11)24-2/h3-4,7H,5-6,8-9H2,1-2H3,(H,17,18,21). The number of nitrogens with one attached hydrogen (secondary N) is 1. The third kappa shape index (κ3) is 3.13. The number of ether oxygens (including phenoxy) is 1. The van der Waals surface area contributed by atoms with Crippen molar-refractivity contribution in [3.63, 3.8) is 0 Å². The molecule has 0 atom stereocenters. The molecule has 1 aliphatic rings. The minimum absolute atomic E-state index is 0.0262. The molecule has 1 aromatic heterocycles. The summed E-state index contributed by atoms with van der Waals surface area (Å²) in [5, 5.41) is 11.0. The van der Waals surface area contributed by atoms with E-state index in [1.807, 2.05) is 0 Å². The van der Waals surface area contributed by atoms with Gasteiger partial charge in [-0.2, -0.15) is 0 Å². The quantitative estimate of drug-likeness (QED) is 0.674. The van der Waals surface area contributed by atoms with Crippen LogP contribution in [0.5, 0.6) is 5.75 Å². The normalized spacial score (nSPS) is 14.2. The second kappa shape index (κ2) is 6.40. The molecule has 0 aliphatic carbocycles. The van der Waals surface area contributed by atoms with Gasteiger partial charge in [0, 0.05) is 43.8 Å². The number of nitro benzene ring substituents is 1. The molecule has 0 saturated carbocycles. The lowest BCUT2D eigenvalue weighted by Gasteiger charge is -2.28. The lowest BCUT2D eigenvalue weighted by atomic mass is 10.1. The Hall–Kier alpha value is -2.74. The molecule has 0 spiro atoms. The minimum atomic E-state index is -0.425. The monoisotopic (exact) mass is 330 g/mol. The van der Waals surface area contributed by atoms with Gasteiger partial charge in [-0.3, -0.25) is 19.8 Å². The molecule has 1 N–H and O–H groups in total. The van der Waals surface area contributed by atoms with Gasteiger partial charge < -0.3 is 9.72 Å². The summed E-state index contributed by atoms with van der Waals surface area (Å²) in [5.74, 6) is 1.22. The molecule has 3 rings (SSSR count). The third-order valence-corrected chi connectivity index (χ3v) is 4.13. The van der Waals surface area contributed by atoms with Crippen LogP contribution in [0.3, 0.4) is 0 Å². The van der Waals surface area contributed by atoms with E-state index in [0.717, 1.165) is 17.8 Å². The SMILES string of the molecule is COc1ccc([N+](=O)[O-])cc1CN1CCc2nc(C)[nH]c(=O)c2C1. The highest BCUT2D eigenvalue weighted by atomic mass is 16.6. The largest absolute Gasteiger partial charge is 0.496 e. The van der Waals surface area contributed by atoms with Crippen LogP contribution in [0.2, 0.25) is 0 Å². The molecule has 24 heavy (non-hydrogen) atoms. The molecule has 8 heteroatoms. The Balaban J connectivity index is 1.86. The maximum Gasteiger partial charge on any atom is 0.270 e. The van der Waals surface area contributed by atoms with Crippen molar-refractivity contribution in [2.24, 2.45) is 0 Å². The number of fused-ring (bicyclic) bond motifs is 1. The Kier molecular flexibility index (Phi) is 4.30. The molecule has 0 radical (unpaired) electrons. The first-order chi connectivity index (χ1) is 11.5. The van der Waals surface area contributed by atoms with Crippen molar-refractivity contribution >= 4 is 5.69 Å². The Morgan fingerprint density at radius 3 is 2.96 bits per heavy atom. The number of rotatable bonds is 4. The fraction of sp³-hybridized carbons (Fsp3) is 0.375. The van der Waals surface area contributed by atoms with Gasteiger partial charge in [-0.05, 0) is 13.0 Å². The van der Waals surface area contributed by atoms with Gasteiger partial charge in [0.1, 0.15) is 11.6 Å². The van der Waals surface area contributed by atoms with E-state index >= 15 is 0 Å². The van der Waals surface area contributed by atoms with E-state index in [0.29, 0.717) is 36.6 Å². The minimum Gasteiger partial charge on any atom is -0.496 e. The molecule has 2 aromatic rings. The second-order valence-electron chi connectivity index (χ2n) is 5.79. The van der Waals surface area contributed by atoms with Gasteiger partial charge in [-0.1, -0.05) is 0 Å². The van der Waals surface area contributed by atoms with E-state index in [-0.39, 0.29) is 11.2 Å². The molecule has 0 amide bonds. The molecule has 0 fully saturated rings. The van der Waals surface area contributed by atoms with Crippen molar-refractivity contribution in [3.8, 4) is 5.75 Å². The van der Waals surface area contributed by atoms with E-state index in [2.05, 4.69) is 14.9 Å². The van der Waals surface area contributed by atoms with Gasteiger partial charge in [0.05, 0.1) is 23.3 Å². The fourth-order valence-electron chi connectivity index (χ4n) is 2.98. The van der Waals surface area contributed by atoms with Crippen LogP contribution in [0.15, 0.2) is 23.0 Å². The smallest absolute Gasteiger partial charge is 0.270 e. The predicted octanol–water partition coefficient (Wildman–Crippen LogP) is 1.55. The van der Waals surface area contributed by atoms with Crippen LogP contribution in [0.25, 0.3) is 0 Å². The van der Waals surface area contributed by atoms with Crippen LogP contribution in [-0.2, 0) is 19.5 Å². The summed E-state index contributed by atoms with van der Waals surface area (Å²) < 4.78 is 5.30. The zero-order valence-electron chi connectivity index (χ0n) is 13.5. The third-order valence-electron chi connectivity index (χ3n) is 4.13. The van der Waals surface area contributed by atoms with Crippen molar-refractivity contribution in [1.82, 2.24) is 14.9 Å². The highest BCUT2D eigenvalue weighted by molar-refractivity contribution is 5.43. The number of benzene rings is 1. The number of non-ortho nitro benzene ring substituents is 1. The number of aromatic amines is 1. The molecule has 2 heterocycles. The number of aromatic nitrogens is 2. The zero-order chi connectivity index (χ0) is 17.3. The Bertz CT molecular complexity index is 846. The summed E-state index contributed by atoms with van der Waals surface area (Å²) in [4.78, 5) is 31.8. The Morgan fingerprint density at radius 2 is 2.25 bits per heavy atom. The van der Waals surface area contributed by atoms with Crippen LogP contribution in [-0.4, -0.2) is 33.4 Å². The highest BCUT2D eigenvalue weighted by Crippen LogP contribution is 2.26. The van der Waals surface area contributed by atoms with Crippen LogP contribution in [0.1, 0.15) is 22.6 Å². The van der Waals surface area contributed by atoms with E-state index in [1.165, 1.54) is 19.2 Å². The van der Waals surface area contributed by atoms with Crippen LogP contribution in [0.4, 0.5) is 5.69 Å². The molecule has 8 nitrogen and oxygen atoms in total. The zero-order valence-corrected chi connectivity index (χ0v) is 13.5. The average Bonchev–Trinajstić information content (AvgIpc) is 2.55. The topological polar surface area (TPSA) is 101 Å². The number of hydrogen-bond acceptors (Lipinski definition) is 6. The first-order valence-corrected chi connectivity index (χ1v) is 7.60. The van der Waals surface area contributed by atoms with E-state index in [4.69, 9.17) is 4.74 Å². The number of aryl methyl sites for hydroxylation is 1. The molecule has 0 bridgehead atoms. The number of nitrogens with zero attached hydrogens (tertiary/aromatic N) is 3. The number of H-pyrrole nitrogens is 1. The lowest BCUT2D eigenvalue weighted by molar-refractivity contribution is -0.385. The van der Waals surface area contributed by atoms with Crippen LogP contribution >= 0.6 is 0 Å². The number of nitro groups is 1. The van der Waals surface area contributed by atoms with Gasteiger partial charge in [0.15, 0.2) is 0 Å². The predicted molar refractivity (Wildman–Crippen MR) is 87.1 cm³/mol. The molecule has 0 unspecified atom stereocenters. The van der Waals surface area contributed by atoms with Gasteiger partial charge in [-0.15, -0.1) is 0 Å². The van der Waals surface area contributed by atoms with Crippen molar-refractivity contribution in [3.05, 3.63) is 61.3 Å². The van der Waals surface area contributed by atoms with Gasteiger partial charge in [0.2, 0.25) is 0 Å².